The lowest BCUT2D eigenvalue weighted by Crippen LogP contribution is -2.38. The van der Waals surface area contributed by atoms with Crippen LogP contribution in [0.3, 0.4) is 0 Å². The number of nitrogens with one attached hydrogen (secondary N) is 1. The molecule has 1 heterocycles. The molecule has 1 fully saturated rings. The predicted molar refractivity (Wildman–Crippen MR) is 59.6 cm³/mol. The molecular formula is C10H19NO2S. The summed E-state index contributed by atoms with van der Waals surface area (Å²) in [6.45, 7) is 2.56. The third kappa shape index (κ3) is 3.88. The molecule has 3 nitrogen and oxygen atoms in total. The Morgan fingerprint density at radius 2 is 2.43 bits per heavy atom. The van der Waals surface area contributed by atoms with Crippen molar-refractivity contribution in [2.75, 3.05) is 19.4 Å². The highest BCUT2D eigenvalue weighted by Crippen LogP contribution is 2.24. The van der Waals surface area contributed by atoms with Crippen molar-refractivity contribution < 1.29 is 9.53 Å². The number of amides is 1. The van der Waals surface area contributed by atoms with Crippen LogP contribution in [-0.2, 0) is 9.53 Å². The first-order valence-electron chi connectivity index (χ1n) is 5.16. The SMILES string of the molecule is COC(C)C(=O)NCC1CCCCS1. The van der Waals surface area contributed by atoms with Crippen molar-refractivity contribution in [3.8, 4) is 0 Å². The third-order valence-corrected chi connectivity index (χ3v) is 3.90. The lowest BCUT2D eigenvalue weighted by atomic mass is 10.2. The van der Waals surface area contributed by atoms with Crippen LogP contribution in [0.15, 0.2) is 0 Å². The average Bonchev–Trinajstić information content (AvgIpc) is 2.26. The first-order valence-corrected chi connectivity index (χ1v) is 6.21. The molecule has 1 rings (SSSR count). The van der Waals surface area contributed by atoms with Gasteiger partial charge in [0.1, 0.15) is 6.10 Å². The molecule has 0 saturated carbocycles. The highest BCUT2D eigenvalue weighted by Gasteiger charge is 2.16. The number of carbonyl (C=O) groups excluding carboxylic acids is 1. The molecule has 82 valence electrons. The number of ether oxygens (including phenoxy) is 1. The normalized spacial score (nSPS) is 24.3. The van der Waals surface area contributed by atoms with Gasteiger partial charge in [0.05, 0.1) is 0 Å². The van der Waals surface area contributed by atoms with Gasteiger partial charge in [-0.3, -0.25) is 4.79 Å². The zero-order valence-corrected chi connectivity index (χ0v) is 9.73. The molecule has 1 aliphatic rings. The molecule has 2 unspecified atom stereocenters. The number of rotatable bonds is 4. The Morgan fingerprint density at radius 3 is 3.00 bits per heavy atom. The van der Waals surface area contributed by atoms with Gasteiger partial charge < -0.3 is 10.1 Å². The summed E-state index contributed by atoms with van der Waals surface area (Å²) >= 11 is 1.97. The Kier molecular flexibility index (Phi) is 5.33. The first kappa shape index (κ1) is 11.9. The molecule has 1 aliphatic heterocycles. The van der Waals surface area contributed by atoms with E-state index in [-0.39, 0.29) is 12.0 Å². The second kappa shape index (κ2) is 6.30. The summed E-state index contributed by atoms with van der Waals surface area (Å²) in [7, 11) is 1.56. The highest BCUT2D eigenvalue weighted by molar-refractivity contribution is 7.99. The van der Waals surface area contributed by atoms with Crippen molar-refractivity contribution in [1.82, 2.24) is 5.32 Å². The van der Waals surface area contributed by atoms with E-state index in [0.717, 1.165) is 6.54 Å². The Morgan fingerprint density at radius 1 is 1.64 bits per heavy atom. The molecular weight excluding hydrogens is 198 g/mol. The van der Waals surface area contributed by atoms with Gasteiger partial charge in [-0.25, -0.2) is 0 Å². The number of thioether (sulfide) groups is 1. The van der Waals surface area contributed by atoms with Gasteiger partial charge in [-0.05, 0) is 25.5 Å². The monoisotopic (exact) mass is 217 g/mol. The maximum atomic E-state index is 11.4. The van der Waals surface area contributed by atoms with Crippen LogP contribution in [0.4, 0.5) is 0 Å². The fourth-order valence-corrected chi connectivity index (χ4v) is 2.67. The van der Waals surface area contributed by atoms with Gasteiger partial charge in [0.2, 0.25) is 5.91 Å². The Hall–Kier alpha value is -0.220. The van der Waals surface area contributed by atoms with Gasteiger partial charge in [-0.1, -0.05) is 6.42 Å². The van der Waals surface area contributed by atoms with Crippen molar-refractivity contribution in [2.45, 2.75) is 37.5 Å². The van der Waals surface area contributed by atoms with E-state index in [0.29, 0.717) is 5.25 Å². The van der Waals surface area contributed by atoms with Gasteiger partial charge in [0.15, 0.2) is 0 Å². The van der Waals surface area contributed by atoms with Gasteiger partial charge in [-0.2, -0.15) is 11.8 Å². The van der Waals surface area contributed by atoms with Crippen LogP contribution in [0.5, 0.6) is 0 Å². The molecule has 0 aromatic carbocycles. The van der Waals surface area contributed by atoms with Crippen molar-refractivity contribution in [3.05, 3.63) is 0 Å². The molecule has 0 aromatic heterocycles. The average molecular weight is 217 g/mol. The van der Waals surface area contributed by atoms with Crippen LogP contribution >= 0.6 is 11.8 Å². The summed E-state index contributed by atoms with van der Waals surface area (Å²) < 4.78 is 4.93. The van der Waals surface area contributed by atoms with Gasteiger partial charge in [0, 0.05) is 18.9 Å². The van der Waals surface area contributed by atoms with E-state index >= 15 is 0 Å². The van der Waals surface area contributed by atoms with Crippen LogP contribution in [0.2, 0.25) is 0 Å². The van der Waals surface area contributed by atoms with E-state index in [9.17, 15) is 4.79 Å². The summed E-state index contributed by atoms with van der Waals surface area (Å²) in [5.41, 5.74) is 0. The molecule has 0 aromatic rings. The van der Waals surface area contributed by atoms with Crippen LogP contribution in [0, 0.1) is 0 Å². The van der Waals surface area contributed by atoms with E-state index < -0.39 is 0 Å². The molecule has 1 N–H and O–H groups in total. The van der Waals surface area contributed by atoms with Crippen LogP contribution in [-0.4, -0.2) is 36.7 Å². The first-order chi connectivity index (χ1) is 6.74. The molecule has 2 atom stereocenters. The summed E-state index contributed by atoms with van der Waals surface area (Å²) in [6, 6.07) is 0. The van der Waals surface area contributed by atoms with Crippen molar-refractivity contribution in [3.63, 3.8) is 0 Å². The fraction of sp³-hybridized carbons (Fsp3) is 0.900. The van der Waals surface area contributed by atoms with Crippen molar-refractivity contribution in [1.29, 1.82) is 0 Å². The van der Waals surface area contributed by atoms with Gasteiger partial charge in [-0.15, -0.1) is 0 Å². The summed E-state index contributed by atoms with van der Waals surface area (Å²) in [6.07, 6.45) is 3.52. The minimum Gasteiger partial charge on any atom is -0.372 e. The topological polar surface area (TPSA) is 38.3 Å². The zero-order valence-electron chi connectivity index (χ0n) is 8.91. The van der Waals surface area contributed by atoms with Gasteiger partial charge >= 0.3 is 0 Å². The van der Waals surface area contributed by atoms with E-state index in [2.05, 4.69) is 5.32 Å². The molecule has 14 heavy (non-hydrogen) atoms. The molecule has 0 bridgehead atoms. The van der Waals surface area contributed by atoms with Crippen LogP contribution < -0.4 is 5.32 Å². The largest absolute Gasteiger partial charge is 0.372 e. The Labute approximate surface area is 90.0 Å². The van der Waals surface area contributed by atoms with E-state index in [4.69, 9.17) is 4.74 Å². The molecule has 1 saturated heterocycles. The van der Waals surface area contributed by atoms with E-state index in [1.54, 1.807) is 14.0 Å². The third-order valence-electron chi connectivity index (χ3n) is 2.50. The van der Waals surface area contributed by atoms with Crippen LogP contribution in [0.25, 0.3) is 0 Å². The second-order valence-electron chi connectivity index (χ2n) is 3.61. The number of hydrogen-bond donors (Lipinski definition) is 1. The predicted octanol–water partition coefficient (Wildman–Crippen LogP) is 1.42. The number of methoxy groups -OCH3 is 1. The minimum atomic E-state index is -0.330. The van der Waals surface area contributed by atoms with Crippen molar-refractivity contribution in [2.24, 2.45) is 0 Å². The van der Waals surface area contributed by atoms with Gasteiger partial charge in [0.25, 0.3) is 0 Å². The lowest BCUT2D eigenvalue weighted by molar-refractivity contribution is -0.130. The maximum absolute atomic E-state index is 11.4. The maximum Gasteiger partial charge on any atom is 0.248 e. The fourth-order valence-electron chi connectivity index (χ4n) is 1.43. The lowest BCUT2D eigenvalue weighted by Gasteiger charge is -2.22. The van der Waals surface area contributed by atoms with Crippen LogP contribution in [0.1, 0.15) is 26.2 Å². The Balaban J connectivity index is 2.15. The molecule has 0 aliphatic carbocycles. The smallest absolute Gasteiger partial charge is 0.248 e. The number of carbonyl (C=O) groups is 1. The number of hydrogen-bond acceptors (Lipinski definition) is 3. The second-order valence-corrected chi connectivity index (χ2v) is 5.02. The highest BCUT2D eigenvalue weighted by atomic mass is 32.2. The molecule has 4 heteroatoms. The zero-order chi connectivity index (χ0) is 10.4. The Bertz CT molecular complexity index is 181. The summed E-state index contributed by atoms with van der Waals surface area (Å²) in [5, 5.41) is 3.53. The molecule has 0 radical (unpaired) electrons. The van der Waals surface area contributed by atoms with E-state index in [1.165, 1.54) is 25.0 Å². The summed E-state index contributed by atoms with van der Waals surface area (Å²) in [4.78, 5) is 11.4. The van der Waals surface area contributed by atoms with E-state index in [1.807, 2.05) is 11.8 Å². The molecule has 1 amide bonds. The van der Waals surface area contributed by atoms with Crippen molar-refractivity contribution >= 4 is 17.7 Å². The standard InChI is InChI=1S/C10H19NO2S/c1-8(13-2)10(12)11-7-9-5-3-4-6-14-9/h8-9H,3-7H2,1-2H3,(H,11,12). The summed E-state index contributed by atoms with van der Waals surface area (Å²) in [5.74, 6) is 1.24. The minimum absolute atomic E-state index is 0.00123. The quantitative estimate of drug-likeness (QED) is 0.774. The molecule has 0 spiro atoms.